The van der Waals surface area contributed by atoms with Crippen LogP contribution in [0.4, 0.5) is 0 Å². The second-order valence-corrected chi connectivity index (χ2v) is 6.78. The Hall–Kier alpha value is -0.630. The van der Waals surface area contributed by atoms with Crippen LogP contribution in [0.2, 0.25) is 0 Å². The van der Waals surface area contributed by atoms with Crippen LogP contribution in [0, 0.1) is 17.2 Å². The summed E-state index contributed by atoms with van der Waals surface area (Å²) in [6, 6.07) is 3.72. The van der Waals surface area contributed by atoms with Gasteiger partial charge in [0.2, 0.25) is 0 Å². The Labute approximate surface area is 129 Å². The maximum absolute atomic E-state index is 9.65. The van der Waals surface area contributed by atoms with E-state index in [0.29, 0.717) is 12.1 Å². The molecule has 2 fully saturated rings. The molecule has 2 aliphatic rings. The van der Waals surface area contributed by atoms with Crippen LogP contribution in [0.1, 0.15) is 52.4 Å². The van der Waals surface area contributed by atoms with Gasteiger partial charge in [0.05, 0.1) is 12.7 Å². The van der Waals surface area contributed by atoms with Crippen LogP contribution in [0.5, 0.6) is 0 Å². The quantitative estimate of drug-likeness (QED) is 0.747. The zero-order chi connectivity index (χ0) is 15.3. The molecule has 0 bridgehead atoms. The average molecular weight is 293 g/mol. The maximum atomic E-state index is 9.65. The lowest BCUT2D eigenvalue weighted by Gasteiger charge is -2.44. The Morgan fingerprint density at radius 2 is 2.19 bits per heavy atom. The Balaban J connectivity index is 2.05. The number of rotatable bonds is 8. The Kier molecular flexibility index (Phi) is 6.04. The molecule has 0 amide bonds. The topological polar surface area (TPSA) is 48.3 Å². The zero-order valence-corrected chi connectivity index (χ0v) is 13.9. The van der Waals surface area contributed by atoms with Crippen molar-refractivity contribution in [3.05, 3.63) is 0 Å². The minimum atomic E-state index is -0.313. The summed E-state index contributed by atoms with van der Waals surface area (Å²) in [4.78, 5) is 2.63. The Morgan fingerprint density at radius 3 is 2.76 bits per heavy atom. The standard InChI is InChI=1S/C17H31N3O/c1-4-19-17(13-18)9-5-6-16(12-17)20(10-11-21-3)14(2)15-7-8-15/h14-16,19H,4-12H2,1-3H3. The summed E-state index contributed by atoms with van der Waals surface area (Å²) < 4.78 is 5.32. The fraction of sp³-hybridized carbons (Fsp3) is 0.941. The first kappa shape index (κ1) is 16.7. The molecule has 4 nitrogen and oxygen atoms in total. The molecule has 2 rings (SSSR count). The SMILES string of the molecule is CCNC1(C#N)CCCC(N(CCOC)C(C)C2CC2)C1. The van der Waals surface area contributed by atoms with Crippen LogP contribution in [-0.2, 0) is 4.74 Å². The monoisotopic (exact) mass is 293 g/mol. The summed E-state index contributed by atoms with van der Waals surface area (Å²) in [6.07, 6.45) is 7.05. The largest absolute Gasteiger partial charge is 0.383 e. The van der Waals surface area contributed by atoms with E-state index >= 15 is 0 Å². The maximum Gasteiger partial charge on any atom is 0.108 e. The summed E-state index contributed by atoms with van der Waals surface area (Å²) in [5.74, 6) is 0.861. The number of nitriles is 1. The van der Waals surface area contributed by atoms with E-state index in [2.05, 4.69) is 30.1 Å². The van der Waals surface area contributed by atoms with E-state index in [0.717, 1.165) is 44.9 Å². The van der Waals surface area contributed by atoms with Gasteiger partial charge >= 0.3 is 0 Å². The lowest BCUT2D eigenvalue weighted by Crippen LogP contribution is -2.55. The molecule has 0 aromatic heterocycles. The van der Waals surface area contributed by atoms with Crippen molar-refractivity contribution in [2.45, 2.75) is 70.0 Å². The molecule has 0 aliphatic heterocycles. The van der Waals surface area contributed by atoms with E-state index in [1.165, 1.54) is 19.3 Å². The van der Waals surface area contributed by atoms with Gasteiger partial charge in [0.15, 0.2) is 0 Å². The predicted octanol–water partition coefficient (Wildman–Crippen LogP) is 2.55. The highest BCUT2D eigenvalue weighted by atomic mass is 16.5. The van der Waals surface area contributed by atoms with Crippen LogP contribution in [0.15, 0.2) is 0 Å². The van der Waals surface area contributed by atoms with E-state index in [1.807, 2.05) is 0 Å². The van der Waals surface area contributed by atoms with Gasteiger partial charge in [-0.05, 0) is 57.9 Å². The summed E-state index contributed by atoms with van der Waals surface area (Å²) in [6.45, 7) is 7.11. The van der Waals surface area contributed by atoms with Crippen molar-refractivity contribution in [3.63, 3.8) is 0 Å². The fourth-order valence-electron chi connectivity index (χ4n) is 3.93. The molecule has 0 heterocycles. The van der Waals surface area contributed by atoms with E-state index in [9.17, 15) is 5.26 Å². The highest BCUT2D eigenvalue weighted by molar-refractivity contribution is 5.11. The van der Waals surface area contributed by atoms with Gasteiger partial charge in [0.25, 0.3) is 0 Å². The molecule has 120 valence electrons. The number of hydrogen-bond acceptors (Lipinski definition) is 4. The number of ether oxygens (including phenoxy) is 1. The molecule has 0 aromatic carbocycles. The third kappa shape index (κ3) is 4.18. The van der Waals surface area contributed by atoms with E-state index < -0.39 is 0 Å². The molecule has 3 unspecified atom stereocenters. The zero-order valence-electron chi connectivity index (χ0n) is 13.9. The van der Waals surface area contributed by atoms with Crippen molar-refractivity contribution in [3.8, 4) is 6.07 Å². The number of methoxy groups -OCH3 is 1. The fourth-order valence-corrected chi connectivity index (χ4v) is 3.93. The van der Waals surface area contributed by atoms with Crippen LogP contribution in [0.3, 0.4) is 0 Å². The molecule has 2 saturated carbocycles. The molecular weight excluding hydrogens is 262 g/mol. The van der Waals surface area contributed by atoms with Gasteiger partial charge in [-0.15, -0.1) is 0 Å². The lowest BCUT2D eigenvalue weighted by atomic mass is 9.78. The van der Waals surface area contributed by atoms with Gasteiger partial charge in [0.1, 0.15) is 5.54 Å². The predicted molar refractivity (Wildman–Crippen MR) is 85.0 cm³/mol. The van der Waals surface area contributed by atoms with E-state index in [1.54, 1.807) is 7.11 Å². The van der Waals surface area contributed by atoms with Crippen molar-refractivity contribution < 1.29 is 4.74 Å². The summed E-state index contributed by atoms with van der Waals surface area (Å²) in [7, 11) is 1.78. The number of nitrogens with zero attached hydrogens (tertiary/aromatic N) is 2. The van der Waals surface area contributed by atoms with Crippen molar-refractivity contribution in [2.24, 2.45) is 5.92 Å². The number of nitrogens with one attached hydrogen (secondary N) is 1. The second kappa shape index (κ2) is 7.58. The van der Waals surface area contributed by atoms with Crippen molar-refractivity contribution >= 4 is 0 Å². The van der Waals surface area contributed by atoms with Crippen LogP contribution >= 0.6 is 0 Å². The Morgan fingerprint density at radius 1 is 1.43 bits per heavy atom. The molecule has 0 saturated heterocycles. The first-order valence-corrected chi connectivity index (χ1v) is 8.56. The molecule has 0 radical (unpaired) electrons. The minimum absolute atomic E-state index is 0.313. The van der Waals surface area contributed by atoms with Gasteiger partial charge in [-0.2, -0.15) is 5.26 Å². The lowest BCUT2D eigenvalue weighted by molar-refractivity contribution is 0.0497. The molecule has 0 spiro atoms. The van der Waals surface area contributed by atoms with Crippen LogP contribution in [0.25, 0.3) is 0 Å². The van der Waals surface area contributed by atoms with Gasteiger partial charge in [-0.3, -0.25) is 10.2 Å². The molecule has 2 aliphatic carbocycles. The van der Waals surface area contributed by atoms with Crippen LogP contribution < -0.4 is 5.32 Å². The smallest absolute Gasteiger partial charge is 0.108 e. The van der Waals surface area contributed by atoms with Crippen molar-refractivity contribution in [2.75, 3.05) is 26.8 Å². The highest BCUT2D eigenvalue weighted by Crippen LogP contribution is 2.39. The molecular formula is C17H31N3O. The van der Waals surface area contributed by atoms with Gasteiger partial charge < -0.3 is 4.74 Å². The molecule has 0 aromatic rings. The molecule has 4 heteroatoms. The molecule has 21 heavy (non-hydrogen) atoms. The summed E-state index contributed by atoms with van der Waals surface area (Å²) in [5.41, 5.74) is -0.313. The first-order valence-electron chi connectivity index (χ1n) is 8.56. The third-order valence-corrected chi connectivity index (χ3v) is 5.30. The minimum Gasteiger partial charge on any atom is -0.383 e. The normalized spacial score (nSPS) is 31.1. The first-order chi connectivity index (χ1) is 10.2. The van der Waals surface area contributed by atoms with Gasteiger partial charge in [-0.1, -0.05) is 6.92 Å². The molecule has 3 atom stereocenters. The van der Waals surface area contributed by atoms with Crippen LogP contribution in [-0.4, -0.2) is 49.3 Å². The Bertz CT molecular complexity index is 360. The highest BCUT2D eigenvalue weighted by Gasteiger charge is 2.41. The van der Waals surface area contributed by atoms with E-state index in [4.69, 9.17) is 4.74 Å². The van der Waals surface area contributed by atoms with Gasteiger partial charge in [-0.25, -0.2) is 0 Å². The third-order valence-electron chi connectivity index (χ3n) is 5.30. The average Bonchev–Trinajstić information content (AvgIpc) is 3.33. The summed E-state index contributed by atoms with van der Waals surface area (Å²) >= 11 is 0. The van der Waals surface area contributed by atoms with Crippen molar-refractivity contribution in [1.29, 1.82) is 5.26 Å². The van der Waals surface area contributed by atoms with Crippen molar-refractivity contribution in [1.82, 2.24) is 10.2 Å². The number of hydrogen-bond donors (Lipinski definition) is 1. The van der Waals surface area contributed by atoms with E-state index in [-0.39, 0.29) is 5.54 Å². The summed E-state index contributed by atoms with van der Waals surface area (Å²) in [5, 5.41) is 13.1. The molecule has 1 N–H and O–H groups in total. The second-order valence-electron chi connectivity index (χ2n) is 6.78. The van der Waals surface area contributed by atoms with Gasteiger partial charge in [0, 0.05) is 25.7 Å².